The minimum Gasteiger partial charge on any atom is -0.465 e. The van der Waals surface area contributed by atoms with Crippen molar-refractivity contribution in [1.82, 2.24) is 14.9 Å². The molecule has 3 aromatic carbocycles. The molecule has 0 saturated carbocycles. The number of carbonyl (C=O) groups is 2. The number of sulfonamides is 1. The van der Waals surface area contributed by atoms with Crippen LogP contribution in [0.1, 0.15) is 41.9 Å². The second kappa shape index (κ2) is 14.8. The summed E-state index contributed by atoms with van der Waals surface area (Å²) in [5.41, 5.74) is 0.0313. The van der Waals surface area contributed by atoms with E-state index in [0.29, 0.717) is 62.1 Å². The second-order valence-electron chi connectivity index (χ2n) is 12.2. The quantitative estimate of drug-likeness (QED) is 0.236. The molecule has 4 N–H and O–H groups in total. The summed E-state index contributed by atoms with van der Waals surface area (Å²) in [7, 11) is -3.31. The fourth-order valence-electron chi connectivity index (χ4n) is 6.46. The molecular formula is C33H36ClF3N4O6S. The summed E-state index contributed by atoms with van der Waals surface area (Å²) in [6.45, 7) is 1.72. The third-order valence-electron chi connectivity index (χ3n) is 8.80. The van der Waals surface area contributed by atoms with Crippen molar-refractivity contribution in [3.63, 3.8) is 0 Å². The predicted octanol–water partition coefficient (Wildman–Crippen LogP) is 4.88. The predicted molar refractivity (Wildman–Crippen MR) is 174 cm³/mol. The van der Waals surface area contributed by atoms with Crippen LogP contribution in [0.2, 0.25) is 5.02 Å². The lowest BCUT2D eigenvalue weighted by atomic mass is 9.84. The number of piperidine rings is 1. The van der Waals surface area contributed by atoms with E-state index in [1.54, 1.807) is 0 Å². The first-order valence-corrected chi connectivity index (χ1v) is 17.6. The van der Waals surface area contributed by atoms with Crippen LogP contribution >= 0.6 is 11.6 Å². The summed E-state index contributed by atoms with van der Waals surface area (Å²) in [4.78, 5) is 25.8. The highest BCUT2D eigenvalue weighted by Gasteiger charge is 2.42. The minimum absolute atomic E-state index is 0.0126. The lowest BCUT2D eigenvalue weighted by Gasteiger charge is -2.46. The molecular weight excluding hydrogens is 673 g/mol. The highest BCUT2D eigenvalue weighted by atomic mass is 35.5. The molecule has 2 amide bonds. The summed E-state index contributed by atoms with van der Waals surface area (Å²) < 4.78 is 75.9. The number of carbonyl (C=O) groups excluding carboxylic acids is 1. The van der Waals surface area contributed by atoms with E-state index in [9.17, 15) is 31.9 Å². The Kier molecular flexibility index (Phi) is 11.0. The molecule has 15 heteroatoms. The Labute approximate surface area is 281 Å². The Balaban J connectivity index is 1.37. The number of carboxylic acid groups (broad SMARTS) is 1. The normalized spacial score (nSPS) is 19.4. The average Bonchev–Trinajstić information content (AvgIpc) is 3.00. The molecule has 258 valence electrons. The summed E-state index contributed by atoms with van der Waals surface area (Å²) >= 11 is 6.05. The van der Waals surface area contributed by atoms with Gasteiger partial charge in [-0.05, 0) is 73.2 Å². The molecule has 0 bridgehead atoms. The third kappa shape index (κ3) is 8.66. The number of ether oxygens (including phenoxy) is 1. The molecule has 1 unspecified atom stereocenters. The van der Waals surface area contributed by atoms with Crippen molar-refractivity contribution in [3.8, 4) is 0 Å². The van der Waals surface area contributed by atoms with Crippen LogP contribution in [0.5, 0.6) is 0 Å². The van der Waals surface area contributed by atoms with Gasteiger partial charge in [-0.1, -0.05) is 29.8 Å². The number of hydrogen-bond acceptors (Lipinski definition) is 6. The van der Waals surface area contributed by atoms with Gasteiger partial charge in [0.1, 0.15) is 23.5 Å². The van der Waals surface area contributed by atoms with E-state index in [-0.39, 0.29) is 29.3 Å². The van der Waals surface area contributed by atoms with Crippen molar-refractivity contribution in [2.75, 3.05) is 37.8 Å². The largest absolute Gasteiger partial charge is 0.465 e. The molecule has 1 spiro atoms. The standard InChI is InChI=1S/C33H36ClF3N4O6S/c1-48(45,46)41-13-11-33(12-14-41)19-38-18-25(47-33)9-10-26-27(37)3-2-4-28(26)39-31(42)30(40-32(43)44)29(20-5-7-22(34)8-6-20)21-15-23(35)17-24(36)16-21/h2-8,15-17,25,29-30,38,40H,9-14,18-19H2,1H3,(H,39,42)(H,43,44)/t25?,29-,30-/m0/s1. The fourth-order valence-corrected chi connectivity index (χ4v) is 7.43. The molecule has 3 atom stereocenters. The first kappa shape index (κ1) is 35.6. The van der Waals surface area contributed by atoms with Gasteiger partial charge in [0.25, 0.3) is 0 Å². The third-order valence-corrected chi connectivity index (χ3v) is 10.4. The van der Waals surface area contributed by atoms with Crippen LogP contribution in [0.15, 0.2) is 60.7 Å². The maximum Gasteiger partial charge on any atom is 0.405 e. The number of nitrogens with one attached hydrogen (secondary N) is 3. The first-order valence-electron chi connectivity index (χ1n) is 15.4. The maximum absolute atomic E-state index is 15.3. The van der Waals surface area contributed by atoms with Crippen LogP contribution in [0.4, 0.5) is 23.7 Å². The lowest BCUT2D eigenvalue weighted by molar-refractivity contribution is -0.137. The van der Waals surface area contributed by atoms with Gasteiger partial charge >= 0.3 is 6.09 Å². The van der Waals surface area contributed by atoms with Gasteiger partial charge in [-0.15, -0.1) is 0 Å². The summed E-state index contributed by atoms with van der Waals surface area (Å²) in [6, 6.07) is 11.2. The van der Waals surface area contributed by atoms with Crippen LogP contribution < -0.4 is 16.0 Å². The molecule has 3 aromatic rings. The zero-order chi connectivity index (χ0) is 34.6. The van der Waals surface area contributed by atoms with Crippen LogP contribution in [-0.2, 0) is 26.0 Å². The number of hydrogen-bond donors (Lipinski definition) is 4. The zero-order valence-electron chi connectivity index (χ0n) is 26.0. The molecule has 48 heavy (non-hydrogen) atoms. The highest BCUT2D eigenvalue weighted by molar-refractivity contribution is 7.88. The molecule has 2 aliphatic rings. The number of morpholine rings is 1. The van der Waals surface area contributed by atoms with Crippen molar-refractivity contribution < 1.29 is 41.0 Å². The molecule has 0 radical (unpaired) electrons. The van der Waals surface area contributed by atoms with E-state index in [4.69, 9.17) is 16.3 Å². The molecule has 0 aliphatic carbocycles. The number of anilines is 1. The molecule has 2 fully saturated rings. The van der Waals surface area contributed by atoms with Gasteiger partial charge in [-0.2, -0.15) is 0 Å². The lowest BCUT2D eigenvalue weighted by Crippen LogP contribution is -2.58. The van der Waals surface area contributed by atoms with Crippen molar-refractivity contribution in [2.24, 2.45) is 0 Å². The summed E-state index contributed by atoms with van der Waals surface area (Å²) in [5.74, 6) is -4.54. The topological polar surface area (TPSA) is 137 Å². The fraction of sp³-hybridized carbons (Fsp3) is 0.394. The van der Waals surface area contributed by atoms with Gasteiger partial charge in [-0.3, -0.25) is 4.79 Å². The van der Waals surface area contributed by atoms with Crippen molar-refractivity contribution in [2.45, 2.75) is 49.3 Å². The van der Waals surface area contributed by atoms with E-state index in [1.165, 1.54) is 53.0 Å². The van der Waals surface area contributed by atoms with Gasteiger partial charge in [-0.25, -0.2) is 30.7 Å². The van der Waals surface area contributed by atoms with E-state index >= 15 is 4.39 Å². The zero-order valence-corrected chi connectivity index (χ0v) is 27.6. The van der Waals surface area contributed by atoms with Crippen LogP contribution in [0.3, 0.4) is 0 Å². The number of rotatable bonds is 10. The minimum atomic E-state index is -3.31. The average molecular weight is 709 g/mol. The maximum atomic E-state index is 15.3. The Morgan fingerprint density at radius 2 is 1.73 bits per heavy atom. The molecule has 2 saturated heterocycles. The van der Waals surface area contributed by atoms with E-state index in [2.05, 4.69) is 16.0 Å². The van der Waals surface area contributed by atoms with Crippen LogP contribution in [-0.4, -0.2) is 80.0 Å². The van der Waals surface area contributed by atoms with Crippen LogP contribution in [0.25, 0.3) is 0 Å². The first-order chi connectivity index (χ1) is 22.7. The summed E-state index contributed by atoms with van der Waals surface area (Å²) in [5, 5.41) is 18.2. The van der Waals surface area contributed by atoms with Gasteiger partial charge < -0.3 is 25.8 Å². The Morgan fingerprint density at radius 1 is 1.06 bits per heavy atom. The number of benzene rings is 3. The van der Waals surface area contributed by atoms with Crippen molar-refractivity contribution >= 4 is 39.3 Å². The van der Waals surface area contributed by atoms with Crippen molar-refractivity contribution in [3.05, 3.63) is 99.8 Å². The monoisotopic (exact) mass is 708 g/mol. The molecule has 10 nitrogen and oxygen atoms in total. The Hall–Kier alpha value is -3.69. The molecule has 5 rings (SSSR count). The summed E-state index contributed by atoms with van der Waals surface area (Å²) in [6.07, 6.45) is 0.805. The van der Waals surface area contributed by atoms with Crippen molar-refractivity contribution in [1.29, 1.82) is 0 Å². The van der Waals surface area contributed by atoms with Crippen LogP contribution in [0, 0.1) is 17.5 Å². The van der Waals surface area contributed by atoms with Gasteiger partial charge in [0.15, 0.2) is 0 Å². The molecule has 2 heterocycles. The Morgan fingerprint density at radius 3 is 2.35 bits per heavy atom. The Bertz CT molecular complexity index is 1740. The van der Waals surface area contributed by atoms with E-state index in [0.717, 1.165) is 12.1 Å². The van der Waals surface area contributed by atoms with Gasteiger partial charge in [0.05, 0.1) is 18.0 Å². The van der Waals surface area contributed by atoms with Gasteiger partial charge in [0.2, 0.25) is 15.9 Å². The van der Waals surface area contributed by atoms with E-state index < -0.39 is 57.0 Å². The smallest absolute Gasteiger partial charge is 0.405 e. The molecule has 0 aromatic heterocycles. The highest BCUT2D eigenvalue weighted by Crippen LogP contribution is 2.34. The number of amides is 2. The van der Waals surface area contributed by atoms with Gasteiger partial charge in [0, 0.05) is 54.4 Å². The van der Waals surface area contributed by atoms with E-state index in [1.807, 2.05) is 0 Å². The number of nitrogens with zero attached hydrogens (tertiary/aromatic N) is 1. The second-order valence-corrected chi connectivity index (χ2v) is 14.6. The molecule has 2 aliphatic heterocycles. The SMILES string of the molecule is CS(=O)(=O)N1CCC2(CC1)CNCC(CCc1c(F)cccc1NC(=O)[C@@H](NC(=O)O)[C@@H](c1ccc(Cl)cc1)c1cc(F)cc(F)c1)O2. The number of halogens is 4.